The number of aryl methyl sites for hydroxylation is 3. The van der Waals surface area contributed by atoms with Gasteiger partial charge in [0.2, 0.25) is 0 Å². The number of aromatic nitrogens is 1. The van der Waals surface area contributed by atoms with Crippen LogP contribution >= 0.6 is 0 Å². The predicted molar refractivity (Wildman–Crippen MR) is 89.4 cm³/mol. The highest BCUT2D eigenvalue weighted by molar-refractivity contribution is 6.07. The molecule has 2 aromatic rings. The second kappa shape index (κ2) is 7.36. The number of nitrogens with zero attached hydrogens (tertiary/aromatic N) is 1. The number of fused-ring (bicyclic) bond motifs is 1. The number of carbonyl (C=O) groups excluding carboxylic acids is 1. The van der Waals surface area contributed by atoms with Crippen LogP contribution in [0.1, 0.15) is 40.5 Å². The van der Waals surface area contributed by atoms with Gasteiger partial charge in [0.05, 0.1) is 11.1 Å². The molecule has 4 nitrogen and oxygen atoms in total. The van der Waals surface area contributed by atoms with Gasteiger partial charge in [-0.25, -0.2) is 0 Å². The maximum Gasteiger partial charge on any atom is 0.252 e. The number of nitrogens with one attached hydrogen (secondary N) is 1. The highest BCUT2D eigenvalue weighted by Crippen LogP contribution is 2.23. The molecule has 0 spiro atoms. The van der Waals surface area contributed by atoms with E-state index in [1.807, 2.05) is 39.8 Å². The lowest BCUT2D eigenvalue weighted by molar-refractivity contribution is 0.0945. The normalized spacial score (nSPS) is 10.9. The van der Waals surface area contributed by atoms with E-state index in [1.54, 1.807) is 0 Å². The van der Waals surface area contributed by atoms with Gasteiger partial charge < -0.3 is 10.1 Å². The van der Waals surface area contributed by atoms with Crippen molar-refractivity contribution < 1.29 is 9.53 Å². The number of hydrogen-bond donors (Lipinski definition) is 1. The molecule has 1 aromatic heterocycles. The summed E-state index contributed by atoms with van der Waals surface area (Å²) in [4.78, 5) is 17.1. The van der Waals surface area contributed by atoms with Gasteiger partial charge in [-0.05, 0) is 51.8 Å². The molecule has 0 saturated heterocycles. The molecular formula is C18H24N2O2. The standard InChI is InChI=1S/C18H24N2O2/c1-5-22-8-6-7-19-18(21)16-11-14(4)20-17-13(3)9-12(2)10-15(16)17/h9-11H,5-8H2,1-4H3,(H,19,21). The average Bonchev–Trinajstić information content (AvgIpc) is 2.47. The Morgan fingerprint density at radius 1 is 1.23 bits per heavy atom. The molecule has 0 unspecified atom stereocenters. The lowest BCUT2D eigenvalue weighted by Gasteiger charge is -2.11. The van der Waals surface area contributed by atoms with E-state index in [0.717, 1.165) is 34.1 Å². The van der Waals surface area contributed by atoms with E-state index in [9.17, 15) is 4.79 Å². The van der Waals surface area contributed by atoms with Crippen LogP contribution in [0.4, 0.5) is 0 Å². The third-order valence-electron chi connectivity index (χ3n) is 3.58. The number of benzene rings is 1. The number of amides is 1. The quantitative estimate of drug-likeness (QED) is 0.833. The largest absolute Gasteiger partial charge is 0.382 e. The Labute approximate surface area is 131 Å². The van der Waals surface area contributed by atoms with Crippen molar-refractivity contribution in [1.82, 2.24) is 10.3 Å². The summed E-state index contributed by atoms with van der Waals surface area (Å²) < 4.78 is 5.28. The van der Waals surface area contributed by atoms with Crippen LogP contribution in [0.25, 0.3) is 10.9 Å². The monoisotopic (exact) mass is 300 g/mol. The van der Waals surface area contributed by atoms with Crippen LogP contribution in [0.5, 0.6) is 0 Å². The van der Waals surface area contributed by atoms with Gasteiger partial charge in [-0.2, -0.15) is 0 Å². The molecule has 1 amide bonds. The molecule has 1 aromatic carbocycles. The summed E-state index contributed by atoms with van der Waals surface area (Å²) in [6.07, 6.45) is 0.819. The summed E-state index contributed by atoms with van der Waals surface area (Å²) >= 11 is 0. The minimum atomic E-state index is -0.0444. The van der Waals surface area contributed by atoms with Gasteiger partial charge in [0, 0.05) is 30.8 Å². The molecule has 0 fully saturated rings. The maximum absolute atomic E-state index is 12.5. The maximum atomic E-state index is 12.5. The molecule has 0 aliphatic heterocycles. The highest BCUT2D eigenvalue weighted by Gasteiger charge is 2.13. The Hall–Kier alpha value is -1.94. The van der Waals surface area contributed by atoms with E-state index in [0.29, 0.717) is 25.3 Å². The molecule has 0 atom stereocenters. The van der Waals surface area contributed by atoms with Gasteiger partial charge in [-0.3, -0.25) is 9.78 Å². The van der Waals surface area contributed by atoms with Crippen LogP contribution in [-0.2, 0) is 4.74 Å². The minimum Gasteiger partial charge on any atom is -0.382 e. The van der Waals surface area contributed by atoms with Crippen LogP contribution in [-0.4, -0.2) is 30.6 Å². The lowest BCUT2D eigenvalue weighted by Crippen LogP contribution is -2.25. The number of ether oxygens (including phenoxy) is 1. The van der Waals surface area contributed by atoms with Gasteiger partial charge in [0.15, 0.2) is 0 Å². The summed E-state index contributed by atoms with van der Waals surface area (Å²) in [5.74, 6) is -0.0444. The lowest BCUT2D eigenvalue weighted by atomic mass is 10.0. The molecule has 0 aliphatic carbocycles. The fraction of sp³-hybridized carbons (Fsp3) is 0.444. The van der Waals surface area contributed by atoms with Crippen LogP contribution in [0, 0.1) is 20.8 Å². The van der Waals surface area contributed by atoms with E-state index in [-0.39, 0.29) is 5.91 Å². The van der Waals surface area contributed by atoms with Gasteiger partial charge in [0.1, 0.15) is 0 Å². The zero-order valence-corrected chi connectivity index (χ0v) is 13.8. The molecule has 2 rings (SSSR count). The van der Waals surface area contributed by atoms with Crippen LogP contribution in [0.3, 0.4) is 0 Å². The third-order valence-corrected chi connectivity index (χ3v) is 3.58. The second-order valence-corrected chi connectivity index (χ2v) is 5.60. The van der Waals surface area contributed by atoms with Gasteiger partial charge >= 0.3 is 0 Å². The molecule has 0 saturated carbocycles. The SMILES string of the molecule is CCOCCCNC(=O)c1cc(C)nc2c(C)cc(C)cc12. The molecule has 0 aliphatic rings. The third kappa shape index (κ3) is 3.83. The zero-order valence-electron chi connectivity index (χ0n) is 13.8. The topological polar surface area (TPSA) is 51.2 Å². The Bertz CT molecular complexity index is 680. The summed E-state index contributed by atoms with van der Waals surface area (Å²) in [6, 6.07) is 5.99. The Morgan fingerprint density at radius 2 is 2.00 bits per heavy atom. The van der Waals surface area contributed by atoms with E-state index in [4.69, 9.17) is 4.74 Å². The van der Waals surface area contributed by atoms with E-state index in [1.165, 1.54) is 0 Å². The van der Waals surface area contributed by atoms with Crippen molar-refractivity contribution in [3.63, 3.8) is 0 Å². The zero-order chi connectivity index (χ0) is 16.1. The van der Waals surface area contributed by atoms with Crippen molar-refractivity contribution in [3.05, 3.63) is 40.6 Å². The van der Waals surface area contributed by atoms with Crippen molar-refractivity contribution in [2.24, 2.45) is 0 Å². The van der Waals surface area contributed by atoms with E-state index >= 15 is 0 Å². The number of hydrogen-bond acceptors (Lipinski definition) is 3. The molecule has 1 N–H and O–H groups in total. The molecule has 22 heavy (non-hydrogen) atoms. The average molecular weight is 300 g/mol. The van der Waals surface area contributed by atoms with Gasteiger partial charge in [-0.1, -0.05) is 11.6 Å². The van der Waals surface area contributed by atoms with Crippen molar-refractivity contribution in [2.75, 3.05) is 19.8 Å². The molecule has 0 bridgehead atoms. The van der Waals surface area contributed by atoms with Gasteiger partial charge in [-0.15, -0.1) is 0 Å². The fourth-order valence-corrected chi connectivity index (χ4v) is 2.61. The molecule has 4 heteroatoms. The predicted octanol–water partition coefficient (Wildman–Crippen LogP) is 3.32. The number of rotatable bonds is 6. The first-order chi connectivity index (χ1) is 10.5. The molecule has 118 valence electrons. The Morgan fingerprint density at radius 3 is 2.73 bits per heavy atom. The van der Waals surface area contributed by atoms with E-state index in [2.05, 4.69) is 16.4 Å². The van der Waals surface area contributed by atoms with Gasteiger partial charge in [0.25, 0.3) is 5.91 Å². The summed E-state index contributed by atoms with van der Waals surface area (Å²) in [7, 11) is 0. The Kier molecular flexibility index (Phi) is 5.50. The summed E-state index contributed by atoms with van der Waals surface area (Å²) in [6.45, 7) is 9.96. The van der Waals surface area contributed by atoms with Crippen molar-refractivity contribution in [1.29, 1.82) is 0 Å². The molecule has 1 heterocycles. The summed E-state index contributed by atoms with van der Waals surface area (Å²) in [5, 5.41) is 3.89. The van der Waals surface area contributed by atoms with Crippen LogP contribution in [0.2, 0.25) is 0 Å². The number of pyridine rings is 1. The molecule has 0 radical (unpaired) electrons. The highest BCUT2D eigenvalue weighted by atomic mass is 16.5. The van der Waals surface area contributed by atoms with Crippen molar-refractivity contribution in [3.8, 4) is 0 Å². The first-order valence-electron chi connectivity index (χ1n) is 7.77. The second-order valence-electron chi connectivity index (χ2n) is 5.60. The first kappa shape index (κ1) is 16.4. The fourth-order valence-electron chi connectivity index (χ4n) is 2.61. The van der Waals surface area contributed by atoms with Crippen LogP contribution < -0.4 is 5.32 Å². The van der Waals surface area contributed by atoms with Crippen LogP contribution in [0.15, 0.2) is 18.2 Å². The minimum absolute atomic E-state index is 0.0444. The number of carbonyl (C=O) groups is 1. The smallest absolute Gasteiger partial charge is 0.252 e. The van der Waals surface area contributed by atoms with Crippen molar-refractivity contribution >= 4 is 16.8 Å². The Balaban J connectivity index is 2.24. The molecular weight excluding hydrogens is 276 g/mol. The summed E-state index contributed by atoms with van der Waals surface area (Å²) in [5.41, 5.74) is 4.71. The first-order valence-corrected chi connectivity index (χ1v) is 7.77. The van der Waals surface area contributed by atoms with E-state index < -0.39 is 0 Å². The van der Waals surface area contributed by atoms with Crippen molar-refractivity contribution in [2.45, 2.75) is 34.1 Å².